The average Bonchev–Trinajstić information content (AvgIpc) is 2.42. The summed E-state index contributed by atoms with van der Waals surface area (Å²) in [5.74, 6) is 0.495. The SMILES string of the molecule is Cc1nnc(N2CCN(C[C@H](O)C(F)(F)F)CC2)nc1C. The molecule has 1 fully saturated rings. The number of aliphatic hydroxyl groups is 1. The fraction of sp³-hybridized carbons (Fsp3) is 0.750. The van der Waals surface area contributed by atoms with Crippen molar-refractivity contribution in [1.29, 1.82) is 0 Å². The van der Waals surface area contributed by atoms with Crippen molar-refractivity contribution in [3.8, 4) is 0 Å². The van der Waals surface area contributed by atoms with Crippen molar-refractivity contribution in [1.82, 2.24) is 20.1 Å². The summed E-state index contributed by atoms with van der Waals surface area (Å²) in [6, 6.07) is 0. The molecule has 0 bridgehead atoms. The third-order valence-electron chi connectivity index (χ3n) is 3.54. The largest absolute Gasteiger partial charge is 0.415 e. The molecule has 1 aliphatic heterocycles. The van der Waals surface area contributed by atoms with Crippen molar-refractivity contribution in [2.45, 2.75) is 26.1 Å². The normalized spacial score (nSPS) is 18.9. The standard InChI is InChI=1S/C12H18F3N5O/c1-8-9(2)17-18-11(16-8)20-5-3-19(4-6-20)7-10(21)12(13,14)15/h10,21H,3-7H2,1-2H3/t10-/m0/s1. The van der Waals surface area contributed by atoms with E-state index in [-0.39, 0.29) is 0 Å². The second kappa shape index (κ2) is 6.10. The van der Waals surface area contributed by atoms with Crippen LogP contribution in [-0.4, -0.2) is 70.2 Å². The first-order valence-corrected chi connectivity index (χ1v) is 6.67. The van der Waals surface area contributed by atoms with Crippen LogP contribution in [0.4, 0.5) is 19.1 Å². The fourth-order valence-electron chi connectivity index (χ4n) is 2.06. The Balaban J connectivity index is 1.90. The number of hydrogen-bond acceptors (Lipinski definition) is 6. The van der Waals surface area contributed by atoms with Crippen LogP contribution in [-0.2, 0) is 0 Å². The highest BCUT2D eigenvalue weighted by atomic mass is 19.4. The summed E-state index contributed by atoms with van der Waals surface area (Å²) in [6.07, 6.45) is -6.87. The zero-order valence-corrected chi connectivity index (χ0v) is 11.9. The molecule has 0 saturated carbocycles. The second-order valence-corrected chi connectivity index (χ2v) is 5.13. The second-order valence-electron chi connectivity index (χ2n) is 5.13. The van der Waals surface area contributed by atoms with E-state index in [2.05, 4.69) is 15.2 Å². The Morgan fingerprint density at radius 3 is 2.24 bits per heavy atom. The molecule has 0 spiro atoms. The molecule has 118 valence electrons. The number of aliphatic hydroxyl groups excluding tert-OH is 1. The molecule has 9 heteroatoms. The molecule has 0 unspecified atom stereocenters. The Morgan fingerprint density at radius 1 is 1.10 bits per heavy atom. The molecule has 1 saturated heterocycles. The van der Waals surface area contributed by atoms with E-state index in [0.717, 1.165) is 11.4 Å². The molecule has 0 radical (unpaired) electrons. The fourth-order valence-corrected chi connectivity index (χ4v) is 2.06. The van der Waals surface area contributed by atoms with Gasteiger partial charge in [-0.1, -0.05) is 0 Å². The van der Waals surface area contributed by atoms with Crippen LogP contribution < -0.4 is 4.90 Å². The van der Waals surface area contributed by atoms with E-state index in [1.807, 2.05) is 18.7 Å². The topological polar surface area (TPSA) is 65.4 Å². The van der Waals surface area contributed by atoms with Gasteiger partial charge in [-0.25, -0.2) is 4.98 Å². The first-order valence-electron chi connectivity index (χ1n) is 6.67. The number of nitrogens with zero attached hydrogens (tertiary/aromatic N) is 5. The van der Waals surface area contributed by atoms with E-state index < -0.39 is 18.8 Å². The predicted octanol–water partition coefficient (Wildman–Crippen LogP) is 0.534. The van der Waals surface area contributed by atoms with Crippen molar-refractivity contribution in [2.24, 2.45) is 0 Å². The lowest BCUT2D eigenvalue weighted by Crippen LogP contribution is -2.51. The van der Waals surface area contributed by atoms with Crippen molar-refractivity contribution in [3.05, 3.63) is 11.4 Å². The Labute approximate surface area is 120 Å². The van der Waals surface area contributed by atoms with Gasteiger partial charge in [-0.05, 0) is 13.8 Å². The Hall–Kier alpha value is -1.48. The minimum Gasteiger partial charge on any atom is -0.382 e. The summed E-state index contributed by atoms with van der Waals surface area (Å²) in [4.78, 5) is 7.80. The van der Waals surface area contributed by atoms with Crippen LogP contribution in [0, 0.1) is 13.8 Å². The van der Waals surface area contributed by atoms with E-state index in [1.165, 1.54) is 0 Å². The molecule has 0 aromatic carbocycles. The minimum atomic E-state index is -4.57. The number of β-amino-alcohol motifs (C(OH)–C–C–N with tert-alkyl or cyclic N) is 1. The van der Waals surface area contributed by atoms with Gasteiger partial charge in [0, 0.05) is 32.7 Å². The van der Waals surface area contributed by atoms with E-state index in [1.54, 1.807) is 4.90 Å². The summed E-state index contributed by atoms with van der Waals surface area (Å²) >= 11 is 0. The lowest BCUT2D eigenvalue weighted by atomic mass is 10.2. The number of aryl methyl sites for hydroxylation is 2. The highest BCUT2D eigenvalue weighted by molar-refractivity contribution is 5.30. The van der Waals surface area contributed by atoms with Crippen LogP contribution in [0.1, 0.15) is 11.4 Å². The smallest absolute Gasteiger partial charge is 0.382 e. The van der Waals surface area contributed by atoms with Crippen LogP contribution >= 0.6 is 0 Å². The van der Waals surface area contributed by atoms with E-state index >= 15 is 0 Å². The van der Waals surface area contributed by atoms with Crippen molar-refractivity contribution in [2.75, 3.05) is 37.6 Å². The lowest BCUT2D eigenvalue weighted by Gasteiger charge is -2.35. The van der Waals surface area contributed by atoms with Gasteiger partial charge in [0.1, 0.15) is 0 Å². The van der Waals surface area contributed by atoms with E-state index in [0.29, 0.717) is 32.1 Å². The highest BCUT2D eigenvalue weighted by Gasteiger charge is 2.39. The number of rotatable bonds is 3. The summed E-state index contributed by atoms with van der Waals surface area (Å²) < 4.78 is 36.9. The Kier molecular flexibility index (Phi) is 4.62. The molecule has 1 aromatic rings. The molecular formula is C12H18F3N5O. The molecule has 0 amide bonds. The Bertz CT molecular complexity index is 488. The lowest BCUT2D eigenvalue weighted by molar-refractivity contribution is -0.208. The third-order valence-corrected chi connectivity index (χ3v) is 3.54. The first-order chi connectivity index (χ1) is 9.77. The number of alkyl halides is 3. The number of aromatic nitrogens is 3. The van der Waals surface area contributed by atoms with E-state index in [4.69, 9.17) is 5.11 Å². The van der Waals surface area contributed by atoms with Crippen LogP contribution in [0.25, 0.3) is 0 Å². The van der Waals surface area contributed by atoms with Gasteiger partial charge in [0.2, 0.25) is 5.95 Å². The number of hydrogen-bond donors (Lipinski definition) is 1. The summed E-state index contributed by atoms with van der Waals surface area (Å²) in [5, 5.41) is 17.1. The van der Waals surface area contributed by atoms with Crippen molar-refractivity contribution in [3.63, 3.8) is 0 Å². The quantitative estimate of drug-likeness (QED) is 0.879. The zero-order chi connectivity index (χ0) is 15.6. The third kappa shape index (κ3) is 4.01. The molecule has 21 heavy (non-hydrogen) atoms. The molecule has 6 nitrogen and oxygen atoms in total. The molecule has 1 atom stereocenters. The van der Waals surface area contributed by atoms with Crippen LogP contribution in [0.2, 0.25) is 0 Å². The van der Waals surface area contributed by atoms with Crippen LogP contribution in [0.15, 0.2) is 0 Å². The number of piperazine rings is 1. The maximum Gasteiger partial charge on any atom is 0.415 e. The molecule has 1 aliphatic rings. The monoisotopic (exact) mass is 305 g/mol. The van der Waals surface area contributed by atoms with Gasteiger partial charge in [0.25, 0.3) is 0 Å². The summed E-state index contributed by atoms with van der Waals surface area (Å²) in [7, 11) is 0. The van der Waals surface area contributed by atoms with Gasteiger partial charge in [0.05, 0.1) is 11.4 Å². The van der Waals surface area contributed by atoms with Gasteiger partial charge < -0.3 is 10.0 Å². The molecule has 2 heterocycles. The predicted molar refractivity (Wildman–Crippen MR) is 70.0 cm³/mol. The molecular weight excluding hydrogens is 287 g/mol. The van der Waals surface area contributed by atoms with Gasteiger partial charge >= 0.3 is 6.18 Å². The zero-order valence-electron chi connectivity index (χ0n) is 11.9. The van der Waals surface area contributed by atoms with Gasteiger partial charge in [0.15, 0.2) is 6.10 Å². The number of halogens is 3. The van der Waals surface area contributed by atoms with Crippen LogP contribution in [0.5, 0.6) is 0 Å². The van der Waals surface area contributed by atoms with Gasteiger partial charge in [-0.2, -0.15) is 18.3 Å². The summed E-state index contributed by atoms with van der Waals surface area (Å²) in [6.45, 7) is 5.11. The van der Waals surface area contributed by atoms with Gasteiger partial charge in [-0.15, -0.1) is 5.10 Å². The average molecular weight is 305 g/mol. The van der Waals surface area contributed by atoms with Crippen LogP contribution in [0.3, 0.4) is 0 Å². The number of anilines is 1. The van der Waals surface area contributed by atoms with Crippen molar-refractivity contribution < 1.29 is 18.3 Å². The molecule has 1 aromatic heterocycles. The maximum atomic E-state index is 12.3. The van der Waals surface area contributed by atoms with Crippen molar-refractivity contribution >= 4 is 5.95 Å². The molecule has 1 N–H and O–H groups in total. The highest BCUT2D eigenvalue weighted by Crippen LogP contribution is 2.21. The molecule has 0 aliphatic carbocycles. The minimum absolute atomic E-state index is 0.399. The molecule has 2 rings (SSSR count). The first kappa shape index (κ1) is 15.9. The van der Waals surface area contributed by atoms with Gasteiger partial charge in [-0.3, -0.25) is 4.90 Å². The maximum absolute atomic E-state index is 12.3. The summed E-state index contributed by atoms with van der Waals surface area (Å²) in [5.41, 5.74) is 1.54. The van der Waals surface area contributed by atoms with E-state index in [9.17, 15) is 13.2 Å². The Morgan fingerprint density at radius 2 is 1.71 bits per heavy atom.